The van der Waals surface area contributed by atoms with Crippen LogP contribution in [-0.2, 0) is 13.0 Å². The van der Waals surface area contributed by atoms with Crippen molar-refractivity contribution in [1.82, 2.24) is 4.57 Å². The second kappa shape index (κ2) is 4.25. The molecule has 0 aliphatic carbocycles. The average Bonchev–Trinajstić information content (AvgIpc) is 2.57. The lowest BCUT2D eigenvalue weighted by Gasteiger charge is -2.07. The molecule has 0 unspecified atom stereocenters. The van der Waals surface area contributed by atoms with Crippen molar-refractivity contribution >= 4 is 22.5 Å². The molecule has 0 radical (unpaired) electrons. The van der Waals surface area contributed by atoms with Crippen LogP contribution in [0.1, 0.15) is 12.6 Å². The van der Waals surface area contributed by atoms with E-state index in [0.717, 1.165) is 28.2 Å². The van der Waals surface area contributed by atoms with Crippen LogP contribution in [0, 0.1) is 0 Å². The molecule has 0 amide bonds. The Kier molecular flexibility index (Phi) is 2.98. The highest BCUT2D eigenvalue weighted by molar-refractivity contribution is 6.35. The Morgan fingerprint density at radius 3 is 2.87 bits per heavy atom. The van der Waals surface area contributed by atoms with Crippen LogP contribution in [0.3, 0.4) is 0 Å². The van der Waals surface area contributed by atoms with E-state index in [0.29, 0.717) is 6.42 Å². The van der Waals surface area contributed by atoms with E-state index in [1.165, 1.54) is 0 Å². The van der Waals surface area contributed by atoms with Crippen LogP contribution < -0.4 is 0 Å². The van der Waals surface area contributed by atoms with E-state index in [-0.39, 0.29) is 6.61 Å². The molecule has 0 spiro atoms. The molecule has 0 aliphatic heterocycles. The van der Waals surface area contributed by atoms with Gasteiger partial charge in [0.15, 0.2) is 0 Å². The Morgan fingerprint density at radius 2 is 2.20 bits per heavy atom. The maximum Gasteiger partial charge on any atom is 0.0671 e. The number of aryl methyl sites for hydroxylation is 1. The Bertz CT molecular complexity index is 476. The van der Waals surface area contributed by atoms with Gasteiger partial charge in [0.2, 0.25) is 0 Å². The minimum Gasteiger partial charge on any atom is -0.396 e. The topological polar surface area (TPSA) is 25.2 Å². The Hall–Kier alpha value is -0.990. The Labute approximate surface area is 94.1 Å². The molecule has 0 atom stereocenters. The van der Waals surface area contributed by atoms with E-state index in [9.17, 15) is 0 Å². The van der Waals surface area contributed by atoms with E-state index in [1.54, 1.807) is 0 Å². The number of benzene rings is 1. The summed E-state index contributed by atoms with van der Waals surface area (Å²) in [6.07, 6.45) is 0.679. The summed E-state index contributed by atoms with van der Waals surface area (Å²) in [6.45, 7) is 3.14. The summed E-state index contributed by atoms with van der Waals surface area (Å²) in [5.41, 5.74) is 2.22. The number of rotatable bonds is 3. The minimum absolute atomic E-state index is 0.175. The van der Waals surface area contributed by atoms with E-state index in [1.807, 2.05) is 18.2 Å². The van der Waals surface area contributed by atoms with Crippen molar-refractivity contribution in [2.75, 3.05) is 6.61 Å². The van der Waals surface area contributed by atoms with E-state index in [2.05, 4.69) is 17.6 Å². The summed E-state index contributed by atoms with van der Waals surface area (Å²) >= 11 is 6.17. The highest BCUT2D eigenvalue weighted by Gasteiger charge is 2.09. The number of aliphatic hydroxyl groups excluding tert-OH is 1. The zero-order valence-electron chi connectivity index (χ0n) is 8.70. The predicted molar refractivity (Wildman–Crippen MR) is 63.4 cm³/mol. The second-order valence-electron chi connectivity index (χ2n) is 3.53. The third kappa shape index (κ3) is 1.75. The lowest BCUT2D eigenvalue weighted by atomic mass is 10.2. The SMILES string of the molecule is CCn1c(CCO)cc2cccc(Cl)c21. The van der Waals surface area contributed by atoms with E-state index in [4.69, 9.17) is 16.7 Å². The lowest BCUT2D eigenvalue weighted by molar-refractivity contribution is 0.296. The highest BCUT2D eigenvalue weighted by atomic mass is 35.5. The average molecular weight is 224 g/mol. The zero-order chi connectivity index (χ0) is 10.8. The molecule has 1 N–H and O–H groups in total. The molecule has 2 nitrogen and oxygen atoms in total. The lowest BCUT2D eigenvalue weighted by Crippen LogP contribution is -2.02. The normalized spacial score (nSPS) is 11.1. The van der Waals surface area contributed by atoms with Gasteiger partial charge in [0.1, 0.15) is 0 Å². The third-order valence-corrected chi connectivity index (χ3v) is 2.95. The van der Waals surface area contributed by atoms with Gasteiger partial charge in [0, 0.05) is 30.7 Å². The molecule has 0 saturated heterocycles. The van der Waals surface area contributed by atoms with Crippen molar-refractivity contribution in [3.05, 3.63) is 35.0 Å². The molecule has 0 aliphatic rings. The van der Waals surface area contributed by atoms with Gasteiger partial charge in [-0.25, -0.2) is 0 Å². The van der Waals surface area contributed by atoms with Gasteiger partial charge < -0.3 is 9.67 Å². The largest absolute Gasteiger partial charge is 0.396 e. The monoisotopic (exact) mass is 223 g/mol. The number of halogens is 1. The quantitative estimate of drug-likeness (QED) is 0.851. The van der Waals surface area contributed by atoms with Gasteiger partial charge in [-0.05, 0) is 19.1 Å². The van der Waals surface area contributed by atoms with Gasteiger partial charge >= 0.3 is 0 Å². The fourth-order valence-corrected chi connectivity index (χ4v) is 2.30. The molecule has 2 rings (SSSR count). The van der Waals surface area contributed by atoms with Crippen molar-refractivity contribution in [3.63, 3.8) is 0 Å². The first-order valence-electron chi connectivity index (χ1n) is 5.15. The first kappa shape index (κ1) is 10.5. The number of aromatic nitrogens is 1. The second-order valence-corrected chi connectivity index (χ2v) is 3.94. The number of fused-ring (bicyclic) bond motifs is 1. The molecule has 80 valence electrons. The molecule has 0 saturated carbocycles. The first-order valence-corrected chi connectivity index (χ1v) is 5.53. The van der Waals surface area contributed by atoms with Gasteiger partial charge in [-0.1, -0.05) is 23.7 Å². The number of aliphatic hydroxyl groups is 1. The molecule has 1 aromatic carbocycles. The van der Waals surface area contributed by atoms with Crippen LogP contribution >= 0.6 is 11.6 Å². The van der Waals surface area contributed by atoms with Crippen molar-refractivity contribution in [2.45, 2.75) is 19.9 Å². The molecule has 2 aromatic rings. The van der Waals surface area contributed by atoms with E-state index < -0.39 is 0 Å². The Morgan fingerprint density at radius 1 is 1.40 bits per heavy atom. The molecule has 1 aromatic heterocycles. The molecule has 0 fully saturated rings. The van der Waals surface area contributed by atoms with Crippen LogP contribution in [-0.4, -0.2) is 16.3 Å². The van der Waals surface area contributed by atoms with Gasteiger partial charge in [0.25, 0.3) is 0 Å². The number of hydrogen-bond acceptors (Lipinski definition) is 1. The molecular formula is C12H14ClNO. The number of nitrogens with zero attached hydrogens (tertiary/aromatic N) is 1. The maximum absolute atomic E-state index is 8.99. The summed E-state index contributed by atoms with van der Waals surface area (Å²) < 4.78 is 2.16. The predicted octanol–water partition coefficient (Wildman–Crippen LogP) is 2.85. The number of para-hydroxylation sites is 1. The van der Waals surface area contributed by atoms with Crippen LogP contribution in [0.4, 0.5) is 0 Å². The van der Waals surface area contributed by atoms with Gasteiger partial charge in [-0.2, -0.15) is 0 Å². The minimum atomic E-state index is 0.175. The van der Waals surface area contributed by atoms with Crippen LogP contribution in [0.25, 0.3) is 10.9 Å². The van der Waals surface area contributed by atoms with Gasteiger partial charge in [-0.3, -0.25) is 0 Å². The van der Waals surface area contributed by atoms with Gasteiger partial charge in [0.05, 0.1) is 10.5 Å². The fourth-order valence-electron chi connectivity index (χ4n) is 2.02. The van der Waals surface area contributed by atoms with Crippen molar-refractivity contribution in [3.8, 4) is 0 Å². The first-order chi connectivity index (χ1) is 7.27. The molecule has 15 heavy (non-hydrogen) atoms. The standard InChI is InChI=1S/C12H14ClNO/c1-2-14-10(6-7-15)8-9-4-3-5-11(13)12(9)14/h3-5,8,15H,2,6-7H2,1H3. The maximum atomic E-state index is 8.99. The van der Waals surface area contributed by atoms with Crippen LogP contribution in [0.2, 0.25) is 5.02 Å². The van der Waals surface area contributed by atoms with Crippen molar-refractivity contribution in [2.24, 2.45) is 0 Å². The van der Waals surface area contributed by atoms with E-state index >= 15 is 0 Å². The molecule has 3 heteroatoms. The third-order valence-electron chi connectivity index (χ3n) is 2.64. The summed E-state index contributed by atoms with van der Waals surface area (Å²) in [6, 6.07) is 8.00. The van der Waals surface area contributed by atoms with Crippen LogP contribution in [0.15, 0.2) is 24.3 Å². The fraction of sp³-hybridized carbons (Fsp3) is 0.333. The van der Waals surface area contributed by atoms with Crippen molar-refractivity contribution in [1.29, 1.82) is 0 Å². The summed E-state index contributed by atoms with van der Waals surface area (Å²) in [5, 5.41) is 10.9. The smallest absolute Gasteiger partial charge is 0.0671 e. The summed E-state index contributed by atoms with van der Waals surface area (Å²) in [4.78, 5) is 0. The van der Waals surface area contributed by atoms with Crippen LogP contribution in [0.5, 0.6) is 0 Å². The highest BCUT2D eigenvalue weighted by Crippen LogP contribution is 2.27. The Balaban J connectivity index is 2.68. The molecule has 1 heterocycles. The van der Waals surface area contributed by atoms with Crippen molar-refractivity contribution < 1.29 is 5.11 Å². The summed E-state index contributed by atoms with van der Waals surface area (Å²) in [5.74, 6) is 0. The molecular weight excluding hydrogens is 210 g/mol. The zero-order valence-corrected chi connectivity index (χ0v) is 9.46. The molecule has 0 bridgehead atoms. The van der Waals surface area contributed by atoms with Gasteiger partial charge in [-0.15, -0.1) is 0 Å². The summed E-state index contributed by atoms with van der Waals surface area (Å²) in [7, 11) is 0. The number of hydrogen-bond donors (Lipinski definition) is 1.